The first-order valence-electron chi connectivity index (χ1n) is 2.78. The fourth-order valence-electron chi connectivity index (χ4n) is 0.713. The first-order valence-corrected chi connectivity index (χ1v) is 4.43. The first-order chi connectivity index (χ1) is 4.70. The van der Waals surface area contributed by atoms with Gasteiger partial charge in [0, 0.05) is 6.42 Å². The van der Waals surface area contributed by atoms with Crippen LogP contribution in [0.3, 0.4) is 0 Å². The molecule has 0 heterocycles. The lowest BCUT2D eigenvalue weighted by Crippen LogP contribution is -1.97. The van der Waals surface area contributed by atoms with Gasteiger partial charge in [0.1, 0.15) is 0 Å². The van der Waals surface area contributed by atoms with Crippen molar-refractivity contribution in [3.8, 4) is 0 Å². The highest BCUT2D eigenvalue weighted by Crippen LogP contribution is 2.15. The SMILES string of the molecule is O=S(=O)=C1C=CC=C(P)C1. The average molecular weight is 174 g/mol. The lowest BCUT2D eigenvalue weighted by molar-refractivity contribution is 0.627. The Hall–Kier alpha value is -0.400. The third kappa shape index (κ3) is 1.79. The summed E-state index contributed by atoms with van der Waals surface area (Å²) in [6.45, 7) is 0. The van der Waals surface area contributed by atoms with Crippen LogP contribution in [0.1, 0.15) is 6.42 Å². The summed E-state index contributed by atoms with van der Waals surface area (Å²) < 4.78 is 20.8. The Labute approximate surface area is 63.4 Å². The number of hydrogen-bond acceptors (Lipinski definition) is 2. The minimum Gasteiger partial charge on any atom is -0.184 e. The number of hydrogen-bond donors (Lipinski definition) is 0. The molecule has 0 saturated heterocycles. The van der Waals surface area contributed by atoms with Crippen LogP contribution in [0.15, 0.2) is 23.5 Å². The molecule has 0 aliphatic heterocycles. The van der Waals surface area contributed by atoms with Crippen LogP contribution in [-0.2, 0) is 10.3 Å². The zero-order chi connectivity index (χ0) is 7.56. The largest absolute Gasteiger partial charge is 0.217 e. The fourth-order valence-corrected chi connectivity index (χ4v) is 1.67. The van der Waals surface area contributed by atoms with Crippen molar-refractivity contribution in [2.45, 2.75) is 6.42 Å². The molecule has 10 heavy (non-hydrogen) atoms. The summed E-state index contributed by atoms with van der Waals surface area (Å²) in [5, 5.41) is 1.00. The lowest BCUT2D eigenvalue weighted by atomic mass is 10.2. The maximum atomic E-state index is 10.4. The van der Waals surface area contributed by atoms with Crippen molar-refractivity contribution in [3.05, 3.63) is 23.5 Å². The second kappa shape index (κ2) is 3.13. The number of allylic oxidation sites excluding steroid dienone is 4. The molecule has 0 fully saturated rings. The topological polar surface area (TPSA) is 34.1 Å². The van der Waals surface area contributed by atoms with Crippen LogP contribution in [0.2, 0.25) is 0 Å². The van der Waals surface area contributed by atoms with Gasteiger partial charge in [-0.15, -0.1) is 9.24 Å². The summed E-state index contributed by atoms with van der Waals surface area (Å²) >= 11 is 0. The van der Waals surface area contributed by atoms with Gasteiger partial charge in [-0.25, -0.2) is 0 Å². The van der Waals surface area contributed by atoms with Crippen LogP contribution in [-0.4, -0.2) is 13.3 Å². The van der Waals surface area contributed by atoms with E-state index in [-0.39, 0.29) is 0 Å². The Bertz CT molecular complexity index is 314. The van der Waals surface area contributed by atoms with E-state index in [0.717, 1.165) is 5.31 Å². The van der Waals surface area contributed by atoms with Gasteiger partial charge in [-0.2, -0.15) is 8.42 Å². The number of rotatable bonds is 0. The molecule has 0 bridgehead atoms. The van der Waals surface area contributed by atoms with E-state index in [2.05, 4.69) is 9.24 Å². The standard InChI is InChI=1S/C6H7O2PS/c7-10(8)6-3-1-2-5(9)4-6/h1-3H,4,9H2. The molecule has 1 aliphatic carbocycles. The molecule has 1 unspecified atom stereocenters. The molecule has 1 atom stereocenters. The van der Waals surface area contributed by atoms with E-state index >= 15 is 0 Å². The summed E-state index contributed by atoms with van der Waals surface area (Å²) in [7, 11) is 0.444. The van der Waals surface area contributed by atoms with Crippen LogP contribution in [0.5, 0.6) is 0 Å². The second-order valence-electron chi connectivity index (χ2n) is 1.98. The normalized spacial score (nSPS) is 16.9. The van der Waals surface area contributed by atoms with E-state index in [1.807, 2.05) is 6.08 Å². The molecule has 0 spiro atoms. The van der Waals surface area contributed by atoms with E-state index in [1.165, 1.54) is 0 Å². The molecule has 0 N–H and O–H groups in total. The van der Waals surface area contributed by atoms with E-state index < -0.39 is 10.3 Å². The highest BCUT2D eigenvalue weighted by Gasteiger charge is 2.01. The van der Waals surface area contributed by atoms with Crippen molar-refractivity contribution < 1.29 is 8.42 Å². The third-order valence-electron chi connectivity index (χ3n) is 1.18. The van der Waals surface area contributed by atoms with Gasteiger partial charge in [0.25, 0.3) is 0 Å². The van der Waals surface area contributed by atoms with Gasteiger partial charge in [0.15, 0.2) is 0 Å². The molecule has 0 amide bonds. The molecule has 2 nitrogen and oxygen atoms in total. The molecule has 4 heteroatoms. The Morgan fingerprint density at radius 2 is 2.20 bits per heavy atom. The minimum absolute atomic E-state index is 0.451. The molecule has 1 rings (SSSR count). The second-order valence-corrected chi connectivity index (χ2v) is 3.71. The summed E-state index contributed by atoms with van der Waals surface area (Å²) in [4.78, 5) is 0.451. The van der Waals surface area contributed by atoms with Gasteiger partial charge in [0.05, 0.1) is 4.86 Å². The quantitative estimate of drug-likeness (QED) is 0.401. The van der Waals surface area contributed by atoms with Gasteiger partial charge >= 0.3 is 0 Å². The van der Waals surface area contributed by atoms with Crippen LogP contribution in [0, 0.1) is 0 Å². The summed E-state index contributed by atoms with van der Waals surface area (Å²) in [5.41, 5.74) is 0. The monoisotopic (exact) mass is 174 g/mol. The molecule has 54 valence electrons. The Morgan fingerprint density at radius 3 is 2.60 bits per heavy atom. The molecular weight excluding hydrogens is 167 g/mol. The average Bonchev–Trinajstić information content (AvgIpc) is 1.88. The van der Waals surface area contributed by atoms with Gasteiger partial charge in [0.2, 0.25) is 10.3 Å². The summed E-state index contributed by atoms with van der Waals surface area (Å²) in [5.74, 6) is 0. The minimum atomic E-state index is -2.05. The molecule has 0 aromatic heterocycles. The zero-order valence-electron chi connectivity index (χ0n) is 5.24. The first kappa shape index (κ1) is 7.70. The van der Waals surface area contributed by atoms with Crippen LogP contribution < -0.4 is 0 Å². The molecule has 0 aromatic rings. The van der Waals surface area contributed by atoms with Gasteiger partial charge in [-0.1, -0.05) is 12.2 Å². The molecule has 0 saturated carbocycles. The summed E-state index contributed by atoms with van der Waals surface area (Å²) in [6.07, 6.45) is 5.74. The molecule has 0 aromatic carbocycles. The predicted molar refractivity (Wildman–Crippen MR) is 45.5 cm³/mol. The smallest absolute Gasteiger partial charge is 0.184 e. The van der Waals surface area contributed by atoms with E-state index in [1.54, 1.807) is 12.2 Å². The maximum Gasteiger partial charge on any atom is 0.217 e. The Balaban J connectivity index is 3.06. The summed E-state index contributed by atoms with van der Waals surface area (Å²) in [6, 6.07) is 0. The van der Waals surface area contributed by atoms with Gasteiger partial charge < -0.3 is 0 Å². The van der Waals surface area contributed by atoms with Gasteiger partial charge in [-0.05, 0) is 11.4 Å². The van der Waals surface area contributed by atoms with Crippen molar-refractivity contribution in [1.82, 2.24) is 0 Å². The predicted octanol–water partition coefficient (Wildman–Crippen LogP) is 0.757. The van der Waals surface area contributed by atoms with Crippen LogP contribution in [0.25, 0.3) is 0 Å². The Kier molecular flexibility index (Phi) is 2.41. The van der Waals surface area contributed by atoms with Crippen molar-refractivity contribution in [2.75, 3.05) is 0 Å². The lowest BCUT2D eigenvalue weighted by Gasteiger charge is -2.00. The highest BCUT2D eigenvalue weighted by molar-refractivity contribution is 7.73. The van der Waals surface area contributed by atoms with Crippen molar-refractivity contribution in [2.24, 2.45) is 0 Å². The van der Waals surface area contributed by atoms with Crippen molar-refractivity contribution >= 4 is 24.4 Å². The molecular formula is C6H7O2PS. The molecule has 1 aliphatic rings. The van der Waals surface area contributed by atoms with E-state index in [0.29, 0.717) is 11.3 Å². The van der Waals surface area contributed by atoms with Crippen LogP contribution >= 0.6 is 9.24 Å². The Morgan fingerprint density at radius 1 is 1.50 bits per heavy atom. The maximum absolute atomic E-state index is 10.4. The van der Waals surface area contributed by atoms with Gasteiger partial charge in [-0.3, -0.25) is 0 Å². The third-order valence-corrected chi connectivity index (χ3v) is 2.29. The fraction of sp³-hybridized carbons (Fsp3) is 0.167. The van der Waals surface area contributed by atoms with Crippen LogP contribution in [0.4, 0.5) is 0 Å². The van der Waals surface area contributed by atoms with Crippen molar-refractivity contribution in [3.63, 3.8) is 0 Å². The van der Waals surface area contributed by atoms with E-state index in [4.69, 9.17) is 0 Å². The zero-order valence-corrected chi connectivity index (χ0v) is 7.21. The highest BCUT2D eigenvalue weighted by atomic mass is 32.2. The van der Waals surface area contributed by atoms with E-state index in [9.17, 15) is 8.42 Å². The van der Waals surface area contributed by atoms with Crippen molar-refractivity contribution in [1.29, 1.82) is 0 Å². The molecule has 0 radical (unpaired) electrons.